The van der Waals surface area contributed by atoms with Crippen LogP contribution < -0.4 is 5.73 Å². The first-order valence-corrected chi connectivity index (χ1v) is 6.48. The van der Waals surface area contributed by atoms with Gasteiger partial charge >= 0.3 is 0 Å². The number of hydrogen-bond acceptors (Lipinski definition) is 2. The number of hydrogen-bond donors (Lipinski definition) is 1. The molecule has 2 atom stereocenters. The Kier molecular flexibility index (Phi) is 2.67. The third-order valence-corrected chi connectivity index (χ3v) is 4.08. The maximum absolute atomic E-state index is 6.62. The van der Waals surface area contributed by atoms with Crippen molar-refractivity contribution in [3.05, 3.63) is 65.5 Å². The lowest BCUT2D eigenvalue weighted by Gasteiger charge is -2.32. The molecule has 3 rings (SSSR count). The van der Waals surface area contributed by atoms with Crippen molar-refractivity contribution in [2.75, 3.05) is 0 Å². The molecule has 2 N–H and O–H groups in total. The van der Waals surface area contributed by atoms with Gasteiger partial charge in [0, 0.05) is 23.3 Å². The zero-order valence-electron chi connectivity index (χ0n) is 10.6. The monoisotopic (exact) mass is 238 g/mol. The summed E-state index contributed by atoms with van der Waals surface area (Å²) in [5, 5.41) is 0. The second-order valence-corrected chi connectivity index (χ2v) is 5.29. The van der Waals surface area contributed by atoms with E-state index in [2.05, 4.69) is 42.2 Å². The Morgan fingerprint density at radius 2 is 1.94 bits per heavy atom. The molecule has 2 unspecified atom stereocenters. The molecule has 1 aromatic heterocycles. The van der Waals surface area contributed by atoms with Crippen LogP contribution in [0.2, 0.25) is 0 Å². The standard InChI is InChI=1S/C16H18N2/c1-16(17,13-7-3-2-4-8-13)14-10-9-12-6-5-11-18-15(12)14/h2-8,11,14H,9-10,17H2,1H3. The molecule has 2 aromatic rings. The molecule has 2 nitrogen and oxygen atoms in total. The molecule has 0 radical (unpaired) electrons. The van der Waals surface area contributed by atoms with E-state index in [1.54, 1.807) is 0 Å². The summed E-state index contributed by atoms with van der Waals surface area (Å²) in [5.41, 5.74) is 10.0. The molecule has 18 heavy (non-hydrogen) atoms. The molecule has 92 valence electrons. The lowest BCUT2D eigenvalue weighted by molar-refractivity contribution is 0.381. The minimum Gasteiger partial charge on any atom is -0.321 e. The molecule has 0 saturated heterocycles. The van der Waals surface area contributed by atoms with Gasteiger partial charge in [0.25, 0.3) is 0 Å². The maximum Gasteiger partial charge on any atom is 0.0488 e. The molecule has 0 fully saturated rings. The number of rotatable bonds is 2. The number of fused-ring (bicyclic) bond motifs is 1. The van der Waals surface area contributed by atoms with Gasteiger partial charge in [-0.15, -0.1) is 0 Å². The van der Waals surface area contributed by atoms with E-state index in [-0.39, 0.29) is 5.54 Å². The van der Waals surface area contributed by atoms with Crippen LogP contribution in [0.3, 0.4) is 0 Å². The molecule has 1 heterocycles. The Bertz CT molecular complexity index is 546. The van der Waals surface area contributed by atoms with Gasteiger partial charge in [0.15, 0.2) is 0 Å². The second-order valence-electron chi connectivity index (χ2n) is 5.29. The molecule has 0 aliphatic heterocycles. The normalized spacial score (nSPS) is 21.3. The number of benzene rings is 1. The van der Waals surface area contributed by atoms with Crippen molar-refractivity contribution in [2.45, 2.75) is 31.2 Å². The fourth-order valence-electron chi connectivity index (χ4n) is 2.99. The first kappa shape index (κ1) is 11.4. The zero-order valence-corrected chi connectivity index (χ0v) is 10.6. The molecular formula is C16H18N2. The SMILES string of the molecule is CC(N)(c1ccccc1)C1CCc2cccnc21. The highest BCUT2D eigenvalue weighted by molar-refractivity contribution is 5.36. The highest BCUT2D eigenvalue weighted by Crippen LogP contribution is 2.42. The van der Waals surface area contributed by atoms with Crippen molar-refractivity contribution in [3.63, 3.8) is 0 Å². The van der Waals surface area contributed by atoms with Gasteiger partial charge in [-0.1, -0.05) is 36.4 Å². The maximum atomic E-state index is 6.62. The summed E-state index contributed by atoms with van der Waals surface area (Å²) in [7, 11) is 0. The van der Waals surface area contributed by atoms with Crippen LogP contribution in [0.4, 0.5) is 0 Å². The number of nitrogens with zero attached hydrogens (tertiary/aromatic N) is 1. The van der Waals surface area contributed by atoms with Crippen LogP contribution in [0.1, 0.15) is 36.1 Å². The lowest BCUT2D eigenvalue weighted by atomic mass is 9.79. The van der Waals surface area contributed by atoms with Crippen LogP contribution >= 0.6 is 0 Å². The van der Waals surface area contributed by atoms with Crippen molar-refractivity contribution < 1.29 is 0 Å². The van der Waals surface area contributed by atoms with Crippen LogP contribution in [-0.2, 0) is 12.0 Å². The van der Waals surface area contributed by atoms with Gasteiger partial charge in [0.05, 0.1) is 0 Å². The van der Waals surface area contributed by atoms with Gasteiger partial charge in [-0.2, -0.15) is 0 Å². The third-order valence-electron chi connectivity index (χ3n) is 4.08. The minimum absolute atomic E-state index is 0.316. The van der Waals surface area contributed by atoms with Crippen LogP contribution in [0.25, 0.3) is 0 Å². The Morgan fingerprint density at radius 3 is 2.72 bits per heavy atom. The average Bonchev–Trinajstić information content (AvgIpc) is 2.84. The summed E-state index contributed by atoms with van der Waals surface area (Å²) in [6, 6.07) is 14.5. The van der Waals surface area contributed by atoms with Gasteiger partial charge < -0.3 is 5.73 Å². The molecule has 1 aliphatic carbocycles. The van der Waals surface area contributed by atoms with Crippen molar-refractivity contribution >= 4 is 0 Å². The molecule has 0 saturated carbocycles. The first-order chi connectivity index (χ1) is 8.69. The Morgan fingerprint density at radius 1 is 1.17 bits per heavy atom. The van der Waals surface area contributed by atoms with E-state index in [4.69, 9.17) is 5.73 Å². The van der Waals surface area contributed by atoms with E-state index >= 15 is 0 Å². The van der Waals surface area contributed by atoms with Crippen molar-refractivity contribution in [2.24, 2.45) is 5.73 Å². The predicted octanol–water partition coefficient (Wildman–Crippen LogP) is 2.99. The van der Waals surface area contributed by atoms with Crippen LogP contribution in [0.5, 0.6) is 0 Å². The smallest absolute Gasteiger partial charge is 0.0488 e. The summed E-state index contributed by atoms with van der Waals surface area (Å²) in [5.74, 6) is 0.316. The molecule has 1 aliphatic rings. The van der Waals surface area contributed by atoms with E-state index in [1.807, 2.05) is 18.3 Å². The predicted molar refractivity (Wildman–Crippen MR) is 73.3 cm³/mol. The van der Waals surface area contributed by atoms with E-state index in [0.29, 0.717) is 5.92 Å². The Hall–Kier alpha value is -1.67. The molecule has 0 bridgehead atoms. The van der Waals surface area contributed by atoms with Crippen LogP contribution in [-0.4, -0.2) is 4.98 Å². The summed E-state index contributed by atoms with van der Waals surface area (Å²) in [6.45, 7) is 2.12. The van der Waals surface area contributed by atoms with E-state index in [9.17, 15) is 0 Å². The average molecular weight is 238 g/mol. The summed E-state index contributed by atoms with van der Waals surface area (Å²) in [4.78, 5) is 4.55. The fraction of sp³-hybridized carbons (Fsp3) is 0.312. The van der Waals surface area contributed by atoms with Crippen LogP contribution in [0.15, 0.2) is 48.7 Å². The van der Waals surface area contributed by atoms with Gasteiger partial charge in [-0.25, -0.2) is 0 Å². The summed E-state index contributed by atoms with van der Waals surface area (Å²) < 4.78 is 0. The van der Waals surface area contributed by atoms with E-state index in [1.165, 1.54) is 16.8 Å². The highest BCUT2D eigenvalue weighted by atomic mass is 14.8. The molecule has 1 aromatic carbocycles. The quantitative estimate of drug-likeness (QED) is 0.873. The highest BCUT2D eigenvalue weighted by Gasteiger charge is 2.38. The van der Waals surface area contributed by atoms with Crippen molar-refractivity contribution in [3.8, 4) is 0 Å². The van der Waals surface area contributed by atoms with E-state index in [0.717, 1.165) is 12.8 Å². The Balaban J connectivity index is 2.02. The largest absolute Gasteiger partial charge is 0.321 e. The number of aromatic nitrogens is 1. The fourth-order valence-corrected chi connectivity index (χ4v) is 2.99. The van der Waals surface area contributed by atoms with Crippen molar-refractivity contribution in [1.82, 2.24) is 4.98 Å². The summed E-state index contributed by atoms with van der Waals surface area (Å²) in [6.07, 6.45) is 4.06. The first-order valence-electron chi connectivity index (χ1n) is 6.48. The van der Waals surface area contributed by atoms with Gasteiger partial charge in [0.2, 0.25) is 0 Å². The Labute approximate surface area is 108 Å². The molecule has 0 amide bonds. The summed E-state index contributed by atoms with van der Waals surface area (Å²) >= 11 is 0. The third kappa shape index (κ3) is 1.73. The van der Waals surface area contributed by atoms with Gasteiger partial charge in [-0.05, 0) is 37.0 Å². The van der Waals surface area contributed by atoms with E-state index < -0.39 is 0 Å². The minimum atomic E-state index is -0.346. The number of nitrogens with two attached hydrogens (primary N) is 1. The second kappa shape index (κ2) is 4.21. The van der Waals surface area contributed by atoms with Crippen LogP contribution in [0, 0.1) is 0 Å². The zero-order chi connectivity index (χ0) is 12.6. The van der Waals surface area contributed by atoms with Gasteiger partial charge in [0.1, 0.15) is 0 Å². The van der Waals surface area contributed by atoms with Crippen molar-refractivity contribution in [1.29, 1.82) is 0 Å². The topological polar surface area (TPSA) is 38.9 Å². The molecule has 2 heteroatoms. The molecule has 0 spiro atoms. The molecular weight excluding hydrogens is 220 g/mol. The van der Waals surface area contributed by atoms with Gasteiger partial charge in [-0.3, -0.25) is 4.98 Å². The number of pyridine rings is 1. The lowest BCUT2D eigenvalue weighted by Crippen LogP contribution is -2.39. The number of aryl methyl sites for hydroxylation is 1.